The first-order chi connectivity index (χ1) is 18.7. The highest BCUT2D eigenvalue weighted by Crippen LogP contribution is 2.39. The van der Waals surface area contributed by atoms with Gasteiger partial charge in [0.2, 0.25) is 0 Å². The molecule has 208 valence electrons. The van der Waals surface area contributed by atoms with Crippen molar-refractivity contribution in [3.05, 3.63) is 65.4 Å². The fraction of sp³-hybridized carbons (Fsp3) is 0.310. The van der Waals surface area contributed by atoms with Gasteiger partial charge in [-0.3, -0.25) is 0 Å². The maximum atomic E-state index is 14.8. The minimum absolute atomic E-state index is 0.0173. The molecule has 0 fully saturated rings. The first-order valence-corrected chi connectivity index (χ1v) is 13.1. The lowest BCUT2D eigenvalue weighted by molar-refractivity contribution is 0.0428. The van der Waals surface area contributed by atoms with E-state index >= 15 is 0 Å². The van der Waals surface area contributed by atoms with Crippen LogP contribution < -0.4 is 10.4 Å². The van der Waals surface area contributed by atoms with Crippen LogP contribution >= 0.6 is 11.6 Å². The van der Waals surface area contributed by atoms with Gasteiger partial charge in [0, 0.05) is 16.1 Å². The number of hydrogen-bond donors (Lipinski definition) is 0. The van der Waals surface area contributed by atoms with E-state index in [2.05, 4.69) is 10.1 Å². The van der Waals surface area contributed by atoms with Crippen molar-refractivity contribution >= 4 is 48.6 Å². The van der Waals surface area contributed by atoms with Crippen molar-refractivity contribution in [2.45, 2.75) is 59.4 Å². The number of ether oxygens (including phenoxy) is 2. The molecule has 4 rings (SSSR count). The molecule has 0 radical (unpaired) electrons. The Morgan fingerprint density at radius 3 is 2.12 bits per heavy atom. The van der Waals surface area contributed by atoms with Crippen LogP contribution in [0.25, 0.3) is 27.9 Å². The van der Waals surface area contributed by atoms with Gasteiger partial charge in [-0.15, -0.1) is 0 Å². The van der Waals surface area contributed by atoms with Crippen LogP contribution in [0.2, 0.25) is 5.02 Å². The first kappa shape index (κ1) is 29.1. The van der Waals surface area contributed by atoms with Crippen LogP contribution in [0.15, 0.2) is 54.7 Å². The largest absolute Gasteiger partial charge is 0.443 e. The third-order valence-corrected chi connectivity index (χ3v) is 5.87. The number of aromatic nitrogens is 3. The third kappa shape index (κ3) is 6.28. The summed E-state index contributed by atoms with van der Waals surface area (Å²) in [5, 5.41) is 4.90. The van der Waals surface area contributed by atoms with Crippen LogP contribution in [0.4, 0.5) is 19.8 Å². The van der Waals surface area contributed by atoms with Crippen molar-refractivity contribution in [1.29, 1.82) is 0 Å². The topological polar surface area (TPSA) is 86.0 Å². The molecule has 11 heteroatoms. The van der Waals surface area contributed by atoms with E-state index in [4.69, 9.17) is 21.1 Å². The van der Waals surface area contributed by atoms with Crippen molar-refractivity contribution in [1.82, 2.24) is 14.6 Å². The average molecular weight is 565 g/mol. The summed E-state index contributed by atoms with van der Waals surface area (Å²) in [4.78, 5) is 32.8. The lowest BCUT2D eigenvalue weighted by Gasteiger charge is -2.30. The van der Waals surface area contributed by atoms with Gasteiger partial charge in [0.1, 0.15) is 25.7 Å². The molecule has 0 aliphatic rings. The van der Waals surface area contributed by atoms with E-state index in [9.17, 15) is 14.0 Å². The Bertz CT molecular complexity index is 1570. The zero-order chi connectivity index (χ0) is 29.4. The fourth-order valence-electron chi connectivity index (χ4n) is 4.15. The highest BCUT2D eigenvalue weighted by Gasteiger charge is 2.38. The molecule has 0 aliphatic heterocycles. The Hall–Kier alpha value is -3.92. The SMILES string of the molecule is Bc1cccc(-c2cnn3c(N(C(=O)OC(C)(C)C)C(=O)OC(C)(C)C)c(-c4cccc(Cl)c4)c(CF)nc23)c1. The standard InChI is InChI=1S/C29H31BClFN4O4/c1-28(2,3)39-26(37)35(27(38)40-29(4,5)6)25-23(18-10-8-12-20(31)14-18)22(15-32)34-24-21(16-33-36(24)25)17-9-7-11-19(30)13-17/h7-14,16H,15,30H2,1-6H3. The van der Waals surface area contributed by atoms with E-state index in [0.29, 0.717) is 16.1 Å². The molecule has 8 nitrogen and oxygen atoms in total. The Morgan fingerprint density at radius 1 is 0.975 bits per heavy atom. The lowest BCUT2D eigenvalue weighted by atomic mass is 9.93. The molecule has 2 aromatic carbocycles. The van der Waals surface area contributed by atoms with Crippen LogP contribution in [0.5, 0.6) is 0 Å². The summed E-state index contributed by atoms with van der Waals surface area (Å²) in [7, 11) is 1.95. The van der Waals surface area contributed by atoms with E-state index in [1.807, 2.05) is 32.1 Å². The van der Waals surface area contributed by atoms with Crippen LogP contribution in [-0.4, -0.2) is 45.8 Å². The number of carbonyl (C=O) groups excluding carboxylic acids is 2. The number of nitrogens with zero attached hydrogens (tertiary/aromatic N) is 4. The van der Waals surface area contributed by atoms with Crippen LogP contribution in [-0.2, 0) is 16.1 Å². The molecule has 2 aromatic heterocycles. The smallest absolute Gasteiger partial charge is 0.425 e. The fourth-order valence-corrected chi connectivity index (χ4v) is 4.34. The van der Waals surface area contributed by atoms with Crippen molar-refractivity contribution in [2.75, 3.05) is 4.90 Å². The van der Waals surface area contributed by atoms with Crippen LogP contribution in [0.3, 0.4) is 0 Å². The van der Waals surface area contributed by atoms with Gasteiger partial charge >= 0.3 is 12.2 Å². The molecular weight excluding hydrogens is 534 g/mol. The van der Waals surface area contributed by atoms with E-state index in [-0.39, 0.29) is 22.7 Å². The molecule has 0 aliphatic carbocycles. The molecule has 40 heavy (non-hydrogen) atoms. The second-order valence-corrected chi connectivity index (χ2v) is 11.8. The summed E-state index contributed by atoms with van der Waals surface area (Å²) < 4.78 is 27.4. The number of alkyl halides is 1. The van der Waals surface area contributed by atoms with Crippen LogP contribution in [0, 0.1) is 0 Å². The Morgan fingerprint density at radius 2 is 1.57 bits per heavy atom. The number of hydrogen-bond acceptors (Lipinski definition) is 6. The highest BCUT2D eigenvalue weighted by atomic mass is 35.5. The third-order valence-electron chi connectivity index (χ3n) is 5.63. The molecule has 0 spiro atoms. The van der Waals surface area contributed by atoms with Crippen molar-refractivity contribution in [3.8, 4) is 22.3 Å². The molecule has 0 saturated heterocycles. The van der Waals surface area contributed by atoms with E-state index in [1.165, 1.54) is 4.52 Å². The highest BCUT2D eigenvalue weighted by molar-refractivity contribution is 6.32. The monoisotopic (exact) mass is 564 g/mol. The zero-order valence-electron chi connectivity index (χ0n) is 23.6. The summed E-state index contributed by atoms with van der Waals surface area (Å²) in [5.41, 5.74) is 1.26. The minimum Gasteiger partial charge on any atom is -0.443 e. The van der Waals surface area contributed by atoms with Gasteiger partial charge in [-0.2, -0.15) is 14.5 Å². The van der Waals surface area contributed by atoms with Gasteiger partial charge in [-0.1, -0.05) is 53.5 Å². The van der Waals surface area contributed by atoms with E-state index in [0.717, 1.165) is 15.9 Å². The van der Waals surface area contributed by atoms with Crippen molar-refractivity contribution < 1.29 is 23.5 Å². The lowest BCUT2D eigenvalue weighted by Crippen LogP contribution is -2.45. The number of halogens is 2. The van der Waals surface area contributed by atoms with Crippen LogP contribution in [0.1, 0.15) is 47.2 Å². The number of rotatable bonds is 4. The second kappa shape index (κ2) is 10.9. The molecule has 0 atom stereocenters. The summed E-state index contributed by atoms with van der Waals surface area (Å²) in [5.74, 6) is -0.0812. The Labute approximate surface area is 238 Å². The quantitative estimate of drug-likeness (QED) is 0.278. The summed E-state index contributed by atoms with van der Waals surface area (Å²) in [6, 6.07) is 14.3. The summed E-state index contributed by atoms with van der Waals surface area (Å²) in [6.45, 7) is 9.05. The molecular formula is C29H31BClFN4O4. The number of fused-ring (bicyclic) bond motifs is 1. The number of amides is 2. The molecule has 4 aromatic rings. The zero-order valence-corrected chi connectivity index (χ0v) is 24.3. The molecule has 0 N–H and O–H groups in total. The Kier molecular flexibility index (Phi) is 7.94. The van der Waals surface area contributed by atoms with Gasteiger partial charge in [-0.25, -0.2) is 19.0 Å². The van der Waals surface area contributed by atoms with Gasteiger partial charge in [-0.05, 0) is 64.8 Å². The number of imide groups is 1. The van der Waals surface area contributed by atoms with E-state index in [1.54, 1.807) is 72.0 Å². The maximum absolute atomic E-state index is 14.8. The molecule has 2 amide bonds. The number of anilines is 1. The predicted molar refractivity (Wildman–Crippen MR) is 157 cm³/mol. The minimum atomic E-state index is -1.02. The molecule has 0 saturated carbocycles. The van der Waals surface area contributed by atoms with Crippen molar-refractivity contribution in [2.24, 2.45) is 0 Å². The molecule has 0 bridgehead atoms. The Balaban J connectivity index is 2.12. The predicted octanol–water partition coefficient (Wildman–Crippen LogP) is 6.12. The normalized spacial score (nSPS) is 11.9. The van der Waals surface area contributed by atoms with Gasteiger partial charge in [0.15, 0.2) is 11.5 Å². The average Bonchev–Trinajstić information content (AvgIpc) is 3.25. The van der Waals surface area contributed by atoms with Gasteiger partial charge in [0.05, 0.1) is 11.9 Å². The summed E-state index contributed by atoms with van der Waals surface area (Å²) >= 11 is 6.31. The summed E-state index contributed by atoms with van der Waals surface area (Å²) in [6.07, 6.45) is -0.475. The molecule has 2 heterocycles. The van der Waals surface area contributed by atoms with E-state index < -0.39 is 30.1 Å². The molecule has 0 unspecified atom stereocenters. The van der Waals surface area contributed by atoms with Crippen molar-refractivity contribution in [3.63, 3.8) is 0 Å². The van der Waals surface area contributed by atoms with Gasteiger partial charge < -0.3 is 9.47 Å². The number of benzene rings is 2. The number of carbonyl (C=O) groups is 2. The maximum Gasteiger partial charge on any atom is 0.425 e. The first-order valence-electron chi connectivity index (χ1n) is 12.7. The van der Waals surface area contributed by atoms with Gasteiger partial charge in [0.25, 0.3) is 0 Å². The second-order valence-electron chi connectivity index (χ2n) is 11.4.